The molecule has 1 amide bonds. The van der Waals surface area contributed by atoms with Crippen molar-refractivity contribution in [2.45, 2.75) is 0 Å². The normalized spacial score (nSPS) is 16.7. The number of piperazine rings is 1. The van der Waals surface area contributed by atoms with Crippen LogP contribution in [-0.2, 0) is 9.53 Å². The lowest BCUT2D eigenvalue weighted by atomic mass is 10.1. The zero-order chi connectivity index (χ0) is 26.9. The lowest BCUT2D eigenvalue weighted by molar-refractivity contribution is -0.136. The van der Waals surface area contributed by atoms with Crippen molar-refractivity contribution in [2.24, 2.45) is 0 Å². The number of ether oxygens (including phenoxy) is 1. The number of fused-ring (bicyclic) bond motifs is 1. The number of nitrogens with zero attached hydrogens (tertiary/aromatic N) is 7. The topological polar surface area (TPSA) is 106 Å². The summed E-state index contributed by atoms with van der Waals surface area (Å²) < 4.78 is 35.7. The fraction of sp³-hybridized carbons (Fsp3) is 0.333. The maximum absolute atomic E-state index is 15.0. The number of carbonyl (C=O) groups excluding carboxylic acids is 1. The molecule has 2 aliphatic rings. The van der Waals surface area contributed by atoms with Crippen LogP contribution in [0.4, 0.5) is 20.5 Å². The largest absolute Gasteiger partial charge is 0.383 e. The van der Waals surface area contributed by atoms with Crippen molar-refractivity contribution in [1.82, 2.24) is 29.5 Å². The Morgan fingerprint density at radius 2 is 1.72 bits per heavy atom. The van der Waals surface area contributed by atoms with Crippen LogP contribution >= 0.6 is 0 Å². The predicted octanol–water partition coefficient (Wildman–Crippen LogP) is 2.32. The molecule has 0 spiro atoms. The number of morpholine rings is 1. The van der Waals surface area contributed by atoms with E-state index in [2.05, 4.69) is 15.0 Å². The highest BCUT2D eigenvalue weighted by molar-refractivity contribution is 5.99. The molecule has 2 N–H and O–H groups in total. The molecule has 4 aromatic rings. The van der Waals surface area contributed by atoms with Crippen LogP contribution in [-0.4, -0.2) is 94.5 Å². The molecule has 0 bridgehead atoms. The number of hydrogen-bond donors (Lipinski definition) is 1. The molecule has 0 radical (unpaired) electrons. The first-order valence-electron chi connectivity index (χ1n) is 12.9. The van der Waals surface area contributed by atoms with E-state index in [4.69, 9.17) is 15.5 Å². The zero-order valence-corrected chi connectivity index (χ0v) is 21.3. The van der Waals surface area contributed by atoms with Gasteiger partial charge in [-0.3, -0.25) is 9.69 Å². The highest BCUT2D eigenvalue weighted by Crippen LogP contribution is 2.34. The van der Waals surface area contributed by atoms with Gasteiger partial charge in [0.2, 0.25) is 11.9 Å². The van der Waals surface area contributed by atoms with E-state index in [-0.39, 0.29) is 22.9 Å². The maximum atomic E-state index is 15.0. The number of aromatic nitrogens is 4. The van der Waals surface area contributed by atoms with Crippen LogP contribution < -0.4 is 10.6 Å². The lowest BCUT2D eigenvalue weighted by Crippen LogP contribution is -2.51. The second-order valence-corrected chi connectivity index (χ2v) is 9.58. The van der Waals surface area contributed by atoms with Crippen molar-refractivity contribution in [3.05, 3.63) is 60.2 Å². The van der Waals surface area contributed by atoms with Crippen molar-refractivity contribution in [1.29, 1.82) is 0 Å². The van der Waals surface area contributed by atoms with Gasteiger partial charge in [0, 0.05) is 44.8 Å². The van der Waals surface area contributed by atoms with E-state index in [1.165, 1.54) is 22.9 Å². The van der Waals surface area contributed by atoms with E-state index >= 15 is 0 Å². The molecule has 2 fully saturated rings. The Balaban J connectivity index is 1.31. The minimum atomic E-state index is -0.451. The first-order chi connectivity index (χ1) is 19.0. The molecule has 6 rings (SSSR count). The molecule has 0 atom stereocenters. The quantitative estimate of drug-likeness (QED) is 0.416. The summed E-state index contributed by atoms with van der Waals surface area (Å²) in [5.41, 5.74) is 7.77. The van der Waals surface area contributed by atoms with Crippen molar-refractivity contribution in [3.63, 3.8) is 0 Å². The van der Waals surface area contributed by atoms with E-state index in [1.807, 2.05) is 9.80 Å². The molecule has 2 aliphatic heterocycles. The molecular formula is C27H28F2N8O2. The molecule has 0 unspecified atom stereocenters. The van der Waals surface area contributed by atoms with E-state index in [1.54, 1.807) is 30.3 Å². The van der Waals surface area contributed by atoms with Gasteiger partial charge >= 0.3 is 0 Å². The first kappa shape index (κ1) is 25.1. The molecule has 0 saturated carbocycles. The number of amides is 1. The first-order valence-corrected chi connectivity index (χ1v) is 12.9. The van der Waals surface area contributed by atoms with Gasteiger partial charge in [0.25, 0.3) is 0 Å². The Bertz CT molecular complexity index is 1510. The molecule has 2 aromatic heterocycles. The Morgan fingerprint density at radius 3 is 2.46 bits per heavy atom. The third-order valence-corrected chi connectivity index (χ3v) is 7.12. The molecule has 39 heavy (non-hydrogen) atoms. The number of carbonyl (C=O) groups is 1. The van der Waals surface area contributed by atoms with Gasteiger partial charge < -0.3 is 20.3 Å². The van der Waals surface area contributed by atoms with Gasteiger partial charge in [-0.15, -0.1) is 5.10 Å². The van der Waals surface area contributed by atoms with E-state index < -0.39 is 11.6 Å². The summed E-state index contributed by atoms with van der Waals surface area (Å²) in [5.74, 6) is -0.203. The summed E-state index contributed by atoms with van der Waals surface area (Å²) in [6.45, 7) is 5.19. The van der Waals surface area contributed by atoms with Crippen LogP contribution in [0.25, 0.3) is 28.0 Å². The molecule has 12 heteroatoms. The van der Waals surface area contributed by atoms with Crippen molar-refractivity contribution >= 4 is 28.7 Å². The molecular weight excluding hydrogens is 506 g/mol. The summed E-state index contributed by atoms with van der Waals surface area (Å²) in [5, 5.41) is 4.95. The third-order valence-electron chi connectivity index (χ3n) is 7.12. The van der Waals surface area contributed by atoms with Crippen LogP contribution in [0.5, 0.6) is 0 Å². The summed E-state index contributed by atoms with van der Waals surface area (Å²) in [6.07, 6.45) is 0. The average Bonchev–Trinajstić information content (AvgIpc) is 3.30. The molecule has 202 valence electrons. The molecule has 0 aliphatic carbocycles. The van der Waals surface area contributed by atoms with E-state index in [0.29, 0.717) is 81.7 Å². The average molecular weight is 535 g/mol. The number of rotatable bonds is 5. The van der Waals surface area contributed by atoms with Crippen molar-refractivity contribution in [3.8, 4) is 16.9 Å². The molecule has 2 aromatic carbocycles. The number of hydrogen-bond acceptors (Lipinski definition) is 8. The summed E-state index contributed by atoms with van der Waals surface area (Å²) >= 11 is 0. The Morgan fingerprint density at radius 1 is 0.949 bits per heavy atom. The number of anilines is 2. The van der Waals surface area contributed by atoms with Gasteiger partial charge in [0.15, 0.2) is 5.65 Å². The smallest absolute Gasteiger partial charge is 0.236 e. The number of benzene rings is 2. The predicted molar refractivity (Wildman–Crippen MR) is 142 cm³/mol. The maximum Gasteiger partial charge on any atom is 0.236 e. The number of nitrogen functional groups attached to an aromatic ring is 1. The third kappa shape index (κ3) is 5.00. The van der Waals surface area contributed by atoms with Gasteiger partial charge in [-0.25, -0.2) is 18.4 Å². The summed E-state index contributed by atoms with van der Waals surface area (Å²) in [4.78, 5) is 28.1. The SMILES string of the molecule is Nc1c2c(-c3ccccc3F)nc(N3CCN(CC(=O)N4CCOCC4)CC3)nc2nn1-c1cccc(F)c1. The van der Waals surface area contributed by atoms with Gasteiger partial charge in [0.1, 0.15) is 17.5 Å². The van der Waals surface area contributed by atoms with Gasteiger partial charge in [-0.2, -0.15) is 4.98 Å². The van der Waals surface area contributed by atoms with E-state index in [9.17, 15) is 13.6 Å². The van der Waals surface area contributed by atoms with Crippen LogP contribution in [0.1, 0.15) is 0 Å². The highest BCUT2D eigenvalue weighted by Gasteiger charge is 2.27. The van der Waals surface area contributed by atoms with E-state index in [0.717, 1.165) is 0 Å². The van der Waals surface area contributed by atoms with Gasteiger partial charge in [0.05, 0.1) is 36.5 Å². The second-order valence-electron chi connectivity index (χ2n) is 9.58. The lowest BCUT2D eigenvalue weighted by Gasteiger charge is -2.36. The fourth-order valence-corrected chi connectivity index (χ4v) is 5.00. The molecule has 4 heterocycles. The minimum Gasteiger partial charge on any atom is -0.383 e. The Hall–Kier alpha value is -4.16. The summed E-state index contributed by atoms with van der Waals surface area (Å²) in [6, 6.07) is 12.2. The Labute approximate surface area is 223 Å². The van der Waals surface area contributed by atoms with Crippen LogP contribution in [0, 0.1) is 11.6 Å². The van der Waals surface area contributed by atoms with Crippen molar-refractivity contribution in [2.75, 3.05) is 69.7 Å². The number of nitrogens with two attached hydrogens (primary N) is 1. The number of halogens is 2. The standard InChI is InChI=1S/C27H28F2N8O2/c28-18-4-3-5-19(16-18)37-25(30)23-24(20-6-1-2-7-21(20)29)31-27(32-26(23)33-37)36-10-8-34(9-11-36)17-22(38)35-12-14-39-15-13-35/h1-7,16H,8-15,17,30H2. The van der Waals surface area contributed by atoms with Gasteiger partial charge in [-0.1, -0.05) is 18.2 Å². The van der Waals surface area contributed by atoms with Crippen LogP contribution in [0.15, 0.2) is 48.5 Å². The molecule has 2 saturated heterocycles. The highest BCUT2D eigenvalue weighted by atomic mass is 19.1. The fourth-order valence-electron chi connectivity index (χ4n) is 5.00. The minimum absolute atomic E-state index is 0.102. The van der Waals surface area contributed by atoms with Crippen molar-refractivity contribution < 1.29 is 18.3 Å². The monoisotopic (exact) mass is 534 g/mol. The zero-order valence-electron chi connectivity index (χ0n) is 21.3. The summed E-state index contributed by atoms with van der Waals surface area (Å²) in [7, 11) is 0. The van der Waals surface area contributed by atoms with Gasteiger partial charge in [-0.05, 0) is 30.3 Å². The molecule has 10 nitrogen and oxygen atoms in total. The van der Waals surface area contributed by atoms with Crippen LogP contribution in [0.3, 0.4) is 0 Å². The second kappa shape index (κ2) is 10.5. The Kier molecular flexibility index (Phi) is 6.79. The van der Waals surface area contributed by atoms with Crippen LogP contribution in [0.2, 0.25) is 0 Å².